The SMILES string of the molecule is CCOC(=O)C1CCN(C(=O)c2cc(C)ccc2N)CC1. The van der Waals surface area contributed by atoms with Gasteiger partial charge in [-0.2, -0.15) is 0 Å². The Hall–Kier alpha value is -2.04. The van der Waals surface area contributed by atoms with Gasteiger partial charge in [-0.25, -0.2) is 0 Å². The number of carbonyl (C=O) groups is 2. The normalized spacial score (nSPS) is 15.8. The minimum Gasteiger partial charge on any atom is -0.466 e. The van der Waals surface area contributed by atoms with Crippen molar-refractivity contribution in [3.63, 3.8) is 0 Å². The van der Waals surface area contributed by atoms with Crippen LogP contribution in [0.1, 0.15) is 35.7 Å². The van der Waals surface area contributed by atoms with E-state index in [1.165, 1.54) is 0 Å². The molecule has 21 heavy (non-hydrogen) atoms. The number of piperidine rings is 1. The van der Waals surface area contributed by atoms with Crippen molar-refractivity contribution in [3.8, 4) is 0 Å². The van der Waals surface area contributed by atoms with E-state index in [1.807, 2.05) is 19.1 Å². The molecule has 1 aromatic rings. The van der Waals surface area contributed by atoms with Crippen LogP contribution in [0.2, 0.25) is 0 Å². The van der Waals surface area contributed by atoms with E-state index in [9.17, 15) is 9.59 Å². The predicted octanol–water partition coefficient (Wildman–Crippen LogP) is 1.99. The zero-order chi connectivity index (χ0) is 15.4. The number of hydrogen-bond acceptors (Lipinski definition) is 4. The molecular formula is C16H22N2O3. The first-order chi connectivity index (χ1) is 10.0. The maximum absolute atomic E-state index is 12.5. The van der Waals surface area contributed by atoms with Crippen LogP contribution < -0.4 is 5.73 Å². The van der Waals surface area contributed by atoms with Gasteiger partial charge in [0.1, 0.15) is 0 Å². The van der Waals surface area contributed by atoms with E-state index in [0.29, 0.717) is 43.8 Å². The van der Waals surface area contributed by atoms with Crippen molar-refractivity contribution in [1.29, 1.82) is 0 Å². The number of amides is 1. The number of anilines is 1. The van der Waals surface area contributed by atoms with Crippen LogP contribution in [0.4, 0.5) is 5.69 Å². The lowest BCUT2D eigenvalue weighted by atomic mass is 9.96. The summed E-state index contributed by atoms with van der Waals surface area (Å²) in [5, 5.41) is 0. The van der Waals surface area contributed by atoms with Gasteiger partial charge in [-0.15, -0.1) is 0 Å². The summed E-state index contributed by atoms with van der Waals surface area (Å²) >= 11 is 0. The van der Waals surface area contributed by atoms with Crippen LogP contribution in [0.25, 0.3) is 0 Å². The number of hydrogen-bond donors (Lipinski definition) is 1. The molecule has 5 nitrogen and oxygen atoms in total. The summed E-state index contributed by atoms with van der Waals surface area (Å²) in [6, 6.07) is 5.46. The minimum atomic E-state index is -0.153. The van der Waals surface area contributed by atoms with Crippen molar-refractivity contribution in [3.05, 3.63) is 29.3 Å². The summed E-state index contributed by atoms with van der Waals surface area (Å²) in [7, 11) is 0. The molecule has 0 atom stereocenters. The van der Waals surface area contributed by atoms with Crippen LogP contribution in [0.3, 0.4) is 0 Å². The number of esters is 1. The highest BCUT2D eigenvalue weighted by atomic mass is 16.5. The third-order valence-corrected chi connectivity index (χ3v) is 3.84. The Labute approximate surface area is 125 Å². The first-order valence-corrected chi connectivity index (χ1v) is 7.35. The topological polar surface area (TPSA) is 72.6 Å². The lowest BCUT2D eigenvalue weighted by Crippen LogP contribution is -2.40. The van der Waals surface area contributed by atoms with Crippen LogP contribution in [0.5, 0.6) is 0 Å². The van der Waals surface area contributed by atoms with Gasteiger partial charge in [0.2, 0.25) is 0 Å². The fraction of sp³-hybridized carbons (Fsp3) is 0.500. The number of rotatable bonds is 3. The third-order valence-electron chi connectivity index (χ3n) is 3.84. The lowest BCUT2D eigenvalue weighted by Gasteiger charge is -2.31. The van der Waals surface area contributed by atoms with Crippen LogP contribution >= 0.6 is 0 Å². The monoisotopic (exact) mass is 290 g/mol. The van der Waals surface area contributed by atoms with Gasteiger partial charge < -0.3 is 15.4 Å². The molecule has 0 saturated carbocycles. The zero-order valence-corrected chi connectivity index (χ0v) is 12.6. The maximum atomic E-state index is 12.5. The standard InChI is InChI=1S/C16H22N2O3/c1-3-21-16(20)12-6-8-18(9-7-12)15(19)13-10-11(2)4-5-14(13)17/h4-5,10,12H,3,6-9,17H2,1-2H3. The van der Waals surface area contributed by atoms with E-state index >= 15 is 0 Å². The predicted molar refractivity (Wildman–Crippen MR) is 80.9 cm³/mol. The van der Waals surface area contributed by atoms with E-state index in [1.54, 1.807) is 17.9 Å². The molecule has 0 aromatic heterocycles. The molecule has 1 fully saturated rings. The molecule has 1 aliphatic heterocycles. The molecule has 1 amide bonds. The van der Waals surface area contributed by atoms with E-state index in [-0.39, 0.29) is 17.8 Å². The molecule has 0 spiro atoms. The highest BCUT2D eigenvalue weighted by molar-refractivity contribution is 5.99. The molecular weight excluding hydrogens is 268 g/mol. The Kier molecular flexibility index (Phi) is 4.83. The molecule has 0 unspecified atom stereocenters. The molecule has 1 aliphatic rings. The average Bonchev–Trinajstić information content (AvgIpc) is 2.49. The summed E-state index contributed by atoms with van der Waals surface area (Å²) in [5.41, 5.74) is 7.94. The van der Waals surface area contributed by atoms with Crippen LogP contribution in [0.15, 0.2) is 18.2 Å². The fourth-order valence-electron chi connectivity index (χ4n) is 2.60. The molecule has 1 aromatic carbocycles. The second-order valence-corrected chi connectivity index (χ2v) is 5.41. The average molecular weight is 290 g/mol. The molecule has 1 heterocycles. The van der Waals surface area contributed by atoms with E-state index < -0.39 is 0 Å². The molecule has 2 N–H and O–H groups in total. The molecule has 0 aliphatic carbocycles. The van der Waals surface area contributed by atoms with Crippen molar-refractivity contribution >= 4 is 17.6 Å². The van der Waals surface area contributed by atoms with Crippen molar-refractivity contribution in [2.45, 2.75) is 26.7 Å². The van der Waals surface area contributed by atoms with Gasteiger partial charge in [0.25, 0.3) is 5.91 Å². The summed E-state index contributed by atoms with van der Waals surface area (Å²) in [4.78, 5) is 26.0. The number of likely N-dealkylation sites (tertiary alicyclic amines) is 1. The second kappa shape index (κ2) is 6.61. The summed E-state index contributed by atoms with van der Waals surface area (Å²) < 4.78 is 5.03. The van der Waals surface area contributed by atoms with Gasteiger partial charge in [0, 0.05) is 18.8 Å². The summed E-state index contributed by atoms with van der Waals surface area (Å²) in [6.45, 7) is 5.27. The zero-order valence-electron chi connectivity index (χ0n) is 12.6. The van der Waals surface area contributed by atoms with Crippen LogP contribution in [-0.4, -0.2) is 36.5 Å². The Morgan fingerprint density at radius 2 is 2.00 bits per heavy atom. The number of nitrogens with zero attached hydrogens (tertiary/aromatic N) is 1. The number of benzene rings is 1. The Morgan fingerprint density at radius 1 is 1.33 bits per heavy atom. The molecule has 1 saturated heterocycles. The highest BCUT2D eigenvalue weighted by Crippen LogP contribution is 2.22. The molecule has 0 bridgehead atoms. The first kappa shape index (κ1) is 15.4. The van der Waals surface area contributed by atoms with Crippen molar-refractivity contribution in [2.75, 3.05) is 25.4 Å². The van der Waals surface area contributed by atoms with Gasteiger partial charge >= 0.3 is 5.97 Å². The molecule has 0 radical (unpaired) electrons. The van der Waals surface area contributed by atoms with E-state index in [2.05, 4.69) is 0 Å². The number of ether oxygens (including phenoxy) is 1. The fourth-order valence-corrected chi connectivity index (χ4v) is 2.60. The highest BCUT2D eigenvalue weighted by Gasteiger charge is 2.29. The third kappa shape index (κ3) is 3.54. The Morgan fingerprint density at radius 3 is 2.62 bits per heavy atom. The second-order valence-electron chi connectivity index (χ2n) is 5.41. The summed E-state index contributed by atoms with van der Waals surface area (Å²) in [5.74, 6) is -0.304. The van der Waals surface area contributed by atoms with Gasteiger partial charge in [-0.05, 0) is 38.8 Å². The minimum absolute atomic E-state index is 0.0569. The van der Waals surface area contributed by atoms with Crippen molar-refractivity contribution in [2.24, 2.45) is 5.92 Å². The number of carbonyl (C=O) groups excluding carboxylic acids is 2. The summed E-state index contributed by atoms with van der Waals surface area (Å²) in [6.07, 6.45) is 1.30. The quantitative estimate of drug-likeness (QED) is 0.682. The van der Waals surface area contributed by atoms with Crippen LogP contribution in [-0.2, 0) is 9.53 Å². The number of aryl methyl sites for hydroxylation is 1. The van der Waals surface area contributed by atoms with E-state index in [0.717, 1.165) is 5.56 Å². The van der Waals surface area contributed by atoms with Gasteiger partial charge in [-0.1, -0.05) is 11.6 Å². The Balaban J connectivity index is 2.00. The van der Waals surface area contributed by atoms with Crippen LogP contribution in [0, 0.1) is 12.8 Å². The van der Waals surface area contributed by atoms with Gasteiger partial charge in [0.05, 0.1) is 18.1 Å². The molecule has 5 heteroatoms. The number of nitrogen functional groups attached to an aromatic ring is 1. The van der Waals surface area contributed by atoms with Gasteiger partial charge in [-0.3, -0.25) is 9.59 Å². The largest absolute Gasteiger partial charge is 0.466 e. The van der Waals surface area contributed by atoms with Crippen molar-refractivity contribution < 1.29 is 14.3 Å². The smallest absolute Gasteiger partial charge is 0.309 e. The maximum Gasteiger partial charge on any atom is 0.309 e. The Bertz CT molecular complexity index is 534. The van der Waals surface area contributed by atoms with Crippen molar-refractivity contribution in [1.82, 2.24) is 4.90 Å². The van der Waals surface area contributed by atoms with E-state index in [4.69, 9.17) is 10.5 Å². The molecule has 2 rings (SSSR count). The number of nitrogens with two attached hydrogens (primary N) is 1. The lowest BCUT2D eigenvalue weighted by molar-refractivity contribution is -0.149. The van der Waals surface area contributed by atoms with Gasteiger partial charge in [0.15, 0.2) is 0 Å². The first-order valence-electron chi connectivity index (χ1n) is 7.35. The molecule has 114 valence electrons.